The molecule has 0 rings (SSSR count). The van der Waals surface area contributed by atoms with Crippen molar-refractivity contribution in [1.29, 1.82) is 0 Å². The van der Waals surface area contributed by atoms with Crippen molar-refractivity contribution in [2.24, 2.45) is 5.92 Å². The van der Waals surface area contributed by atoms with Gasteiger partial charge in [-0.05, 0) is 44.9 Å². The zero-order valence-corrected chi connectivity index (χ0v) is 16.4. The van der Waals surface area contributed by atoms with Gasteiger partial charge in [0.1, 0.15) is 5.78 Å². The lowest BCUT2D eigenvalue weighted by Crippen LogP contribution is -2.05. The second-order valence-electron chi connectivity index (χ2n) is 6.96. The number of rotatable bonds is 16. The molecule has 0 saturated heterocycles. The summed E-state index contributed by atoms with van der Waals surface area (Å²) >= 11 is 0. The Morgan fingerprint density at radius 2 is 1.21 bits per heavy atom. The monoisotopic (exact) mass is 332 g/mol. The van der Waals surface area contributed by atoms with Crippen molar-refractivity contribution in [2.75, 3.05) is 0 Å². The second-order valence-corrected chi connectivity index (χ2v) is 6.96. The van der Waals surface area contributed by atoms with Gasteiger partial charge in [0.15, 0.2) is 0 Å². The summed E-state index contributed by atoms with van der Waals surface area (Å²) in [7, 11) is 0. The summed E-state index contributed by atoms with van der Waals surface area (Å²) in [5.74, 6) is 0.620. The SMILES string of the molecule is CCCCC/C=C\C/C=C\C/C=C\CCCCCCC(=O)C(C)C. The molecule has 0 saturated carbocycles. The first-order valence-corrected chi connectivity index (χ1v) is 10.2. The van der Waals surface area contributed by atoms with Crippen LogP contribution in [0.2, 0.25) is 0 Å². The van der Waals surface area contributed by atoms with E-state index in [1.807, 2.05) is 13.8 Å². The van der Waals surface area contributed by atoms with E-state index in [-0.39, 0.29) is 5.92 Å². The van der Waals surface area contributed by atoms with Gasteiger partial charge >= 0.3 is 0 Å². The molecule has 0 bridgehead atoms. The quantitative estimate of drug-likeness (QED) is 0.210. The van der Waals surface area contributed by atoms with Crippen LogP contribution in [-0.2, 0) is 4.79 Å². The zero-order valence-electron chi connectivity index (χ0n) is 16.4. The van der Waals surface area contributed by atoms with E-state index in [0.717, 1.165) is 25.7 Å². The van der Waals surface area contributed by atoms with E-state index in [4.69, 9.17) is 0 Å². The zero-order chi connectivity index (χ0) is 17.9. The number of Topliss-reactive ketones (excluding diaryl/α,β-unsaturated/α-hetero) is 1. The molecule has 1 nitrogen and oxygen atoms in total. The van der Waals surface area contributed by atoms with Gasteiger partial charge in [0.2, 0.25) is 0 Å². The van der Waals surface area contributed by atoms with Crippen molar-refractivity contribution in [3.63, 3.8) is 0 Å². The molecule has 0 heterocycles. The molecule has 0 aliphatic heterocycles. The number of allylic oxidation sites excluding steroid dienone is 6. The predicted octanol–water partition coefficient (Wildman–Crippen LogP) is 7.58. The highest BCUT2D eigenvalue weighted by molar-refractivity contribution is 5.80. The number of carbonyl (C=O) groups is 1. The normalized spacial score (nSPS) is 12.3. The summed E-state index contributed by atoms with van der Waals surface area (Å²) in [5.41, 5.74) is 0. The Bertz CT molecular complexity index is 360. The van der Waals surface area contributed by atoms with Crippen LogP contribution in [0.25, 0.3) is 0 Å². The van der Waals surface area contributed by atoms with Crippen LogP contribution in [-0.4, -0.2) is 5.78 Å². The largest absolute Gasteiger partial charge is 0.299 e. The molecule has 24 heavy (non-hydrogen) atoms. The standard InChI is InChI=1S/C23H40O/c1-4-5-6-7-8-9-10-11-12-13-14-15-16-17-18-19-20-21-23(24)22(2)3/h8-9,11-12,14-15,22H,4-7,10,13,16-21H2,1-3H3/b9-8-,12-11-,15-14-. The van der Waals surface area contributed by atoms with Crippen LogP contribution in [0.3, 0.4) is 0 Å². The summed E-state index contributed by atoms with van der Waals surface area (Å²) < 4.78 is 0. The van der Waals surface area contributed by atoms with Crippen molar-refractivity contribution in [1.82, 2.24) is 0 Å². The van der Waals surface area contributed by atoms with Gasteiger partial charge in [-0.3, -0.25) is 4.79 Å². The maximum absolute atomic E-state index is 11.5. The third-order valence-electron chi connectivity index (χ3n) is 4.21. The van der Waals surface area contributed by atoms with Gasteiger partial charge < -0.3 is 0 Å². The fourth-order valence-electron chi connectivity index (χ4n) is 2.49. The molecular formula is C23H40O. The van der Waals surface area contributed by atoms with Crippen molar-refractivity contribution >= 4 is 5.78 Å². The van der Waals surface area contributed by atoms with E-state index in [1.54, 1.807) is 0 Å². The Balaban J connectivity index is 3.34. The highest BCUT2D eigenvalue weighted by Crippen LogP contribution is 2.09. The van der Waals surface area contributed by atoms with Crippen molar-refractivity contribution < 1.29 is 4.79 Å². The Labute approximate surface area is 151 Å². The maximum atomic E-state index is 11.5. The van der Waals surface area contributed by atoms with Crippen molar-refractivity contribution in [2.45, 2.75) is 97.8 Å². The van der Waals surface area contributed by atoms with E-state index in [1.165, 1.54) is 51.4 Å². The van der Waals surface area contributed by atoms with Crippen LogP contribution >= 0.6 is 0 Å². The van der Waals surface area contributed by atoms with Gasteiger partial charge in [-0.2, -0.15) is 0 Å². The first-order valence-electron chi connectivity index (χ1n) is 10.2. The number of hydrogen-bond donors (Lipinski definition) is 0. The smallest absolute Gasteiger partial charge is 0.135 e. The molecule has 0 aromatic carbocycles. The Morgan fingerprint density at radius 1 is 0.708 bits per heavy atom. The van der Waals surface area contributed by atoms with Crippen LogP contribution < -0.4 is 0 Å². The van der Waals surface area contributed by atoms with E-state index < -0.39 is 0 Å². The number of ketones is 1. The maximum Gasteiger partial charge on any atom is 0.135 e. The van der Waals surface area contributed by atoms with Crippen molar-refractivity contribution in [3.05, 3.63) is 36.5 Å². The molecule has 0 N–H and O–H groups in total. The number of hydrogen-bond acceptors (Lipinski definition) is 1. The molecule has 0 aliphatic carbocycles. The summed E-state index contributed by atoms with van der Waals surface area (Å²) in [6.45, 7) is 6.23. The summed E-state index contributed by atoms with van der Waals surface area (Å²) in [6, 6.07) is 0. The Hall–Kier alpha value is -1.11. The minimum Gasteiger partial charge on any atom is -0.299 e. The van der Waals surface area contributed by atoms with Crippen LogP contribution in [0.4, 0.5) is 0 Å². The first-order chi connectivity index (χ1) is 11.7. The predicted molar refractivity (Wildman–Crippen MR) is 108 cm³/mol. The highest BCUT2D eigenvalue weighted by Gasteiger charge is 2.05. The summed E-state index contributed by atoms with van der Waals surface area (Å²) in [5, 5.41) is 0. The molecular weight excluding hydrogens is 292 g/mol. The summed E-state index contributed by atoms with van der Waals surface area (Å²) in [6.07, 6.45) is 27.7. The molecule has 0 unspecified atom stereocenters. The van der Waals surface area contributed by atoms with Gasteiger partial charge in [0, 0.05) is 12.3 Å². The topological polar surface area (TPSA) is 17.1 Å². The Kier molecular flexibility index (Phi) is 17.4. The molecule has 0 aromatic heterocycles. The lowest BCUT2D eigenvalue weighted by Gasteiger charge is -2.03. The molecule has 0 fully saturated rings. The molecule has 0 radical (unpaired) electrons. The van der Waals surface area contributed by atoms with E-state index in [0.29, 0.717) is 5.78 Å². The number of carbonyl (C=O) groups excluding carboxylic acids is 1. The second kappa shape index (κ2) is 18.2. The number of unbranched alkanes of at least 4 members (excludes halogenated alkanes) is 7. The van der Waals surface area contributed by atoms with Crippen LogP contribution in [0.15, 0.2) is 36.5 Å². The third-order valence-corrected chi connectivity index (χ3v) is 4.21. The molecule has 1 heteroatoms. The fourth-order valence-corrected chi connectivity index (χ4v) is 2.49. The fraction of sp³-hybridized carbons (Fsp3) is 0.696. The van der Waals surface area contributed by atoms with Crippen LogP contribution in [0, 0.1) is 5.92 Å². The van der Waals surface area contributed by atoms with E-state index >= 15 is 0 Å². The molecule has 0 atom stereocenters. The van der Waals surface area contributed by atoms with E-state index in [2.05, 4.69) is 43.4 Å². The van der Waals surface area contributed by atoms with Crippen LogP contribution in [0.5, 0.6) is 0 Å². The third kappa shape index (κ3) is 17.2. The molecule has 0 amide bonds. The molecule has 138 valence electrons. The minimum atomic E-state index is 0.206. The lowest BCUT2D eigenvalue weighted by atomic mass is 10.0. The summed E-state index contributed by atoms with van der Waals surface area (Å²) in [4.78, 5) is 11.5. The molecule has 0 spiro atoms. The average Bonchev–Trinajstić information content (AvgIpc) is 2.57. The average molecular weight is 333 g/mol. The minimum absolute atomic E-state index is 0.206. The van der Waals surface area contributed by atoms with Gasteiger partial charge in [-0.1, -0.05) is 82.9 Å². The van der Waals surface area contributed by atoms with E-state index in [9.17, 15) is 4.79 Å². The highest BCUT2D eigenvalue weighted by atomic mass is 16.1. The van der Waals surface area contributed by atoms with Gasteiger partial charge in [-0.25, -0.2) is 0 Å². The van der Waals surface area contributed by atoms with Crippen molar-refractivity contribution in [3.8, 4) is 0 Å². The van der Waals surface area contributed by atoms with Gasteiger partial charge in [0.25, 0.3) is 0 Å². The lowest BCUT2D eigenvalue weighted by molar-refractivity contribution is -0.122. The molecule has 0 aromatic rings. The molecule has 0 aliphatic rings. The van der Waals surface area contributed by atoms with Crippen LogP contribution in [0.1, 0.15) is 97.8 Å². The van der Waals surface area contributed by atoms with Gasteiger partial charge in [-0.15, -0.1) is 0 Å². The Morgan fingerprint density at radius 3 is 1.75 bits per heavy atom. The van der Waals surface area contributed by atoms with Gasteiger partial charge in [0.05, 0.1) is 0 Å². The first kappa shape index (κ1) is 22.9.